The average Bonchev–Trinajstić information content (AvgIpc) is 2.72. The van der Waals surface area contributed by atoms with Gasteiger partial charge in [0, 0.05) is 12.1 Å². The maximum atomic E-state index is 13.2. The van der Waals surface area contributed by atoms with Gasteiger partial charge in [-0.1, -0.05) is 30.3 Å². The Hall–Kier alpha value is -1.96. The van der Waals surface area contributed by atoms with Gasteiger partial charge in [-0.25, -0.2) is 8.42 Å². The SMILES string of the molecule is CC(C)N(C(=O)[C@H](C)[NH+]1CCN(S(=O)(=O)c2ccc3ccccc3c2)CC1)C(C)C. The molecule has 30 heavy (non-hydrogen) atoms. The third kappa shape index (κ3) is 4.53. The first-order chi connectivity index (χ1) is 14.1. The minimum absolute atomic E-state index is 0.140. The third-order valence-electron chi connectivity index (χ3n) is 6.07. The van der Waals surface area contributed by atoms with Crippen molar-refractivity contribution in [3.05, 3.63) is 42.5 Å². The molecule has 2 aromatic carbocycles. The van der Waals surface area contributed by atoms with Gasteiger partial charge in [-0.3, -0.25) is 4.79 Å². The molecule has 0 unspecified atom stereocenters. The molecule has 0 bridgehead atoms. The number of carbonyl (C=O) groups is 1. The van der Waals surface area contributed by atoms with E-state index in [1.807, 2.05) is 69.9 Å². The van der Waals surface area contributed by atoms with E-state index >= 15 is 0 Å². The molecule has 6 nitrogen and oxygen atoms in total. The largest absolute Gasteiger partial charge is 0.333 e. The molecule has 1 aliphatic rings. The number of hydrogen-bond donors (Lipinski definition) is 1. The number of quaternary nitrogens is 1. The summed E-state index contributed by atoms with van der Waals surface area (Å²) >= 11 is 0. The zero-order valence-electron chi connectivity index (χ0n) is 18.6. The fourth-order valence-corrected chi connectivity index (χ4v) is 5.90. The van der Waals surface area contributed by atoms with Crippen molar-refractivity contribution < 1.29 is 18.1 Å². The Morgan fingerprint density at radius 1 is 0.933 bits per heavy atom. The summed E-state index contributed by atoms with van der Waals surface area (Å²) in [5.41, 5.74) is 0. The zero-order valence-corrected chi connectivity index (χ0v) is 19.4. The minimum Gasteiger partial charge on any atom is -0.333 e. The normalized spacial score (nSPS) is 17.6. The second-order valence-electron chi connectivity index (χ2n) is 8.73. The van der Waals surface area contributed by atoms with E-state index in [4.69, 9.17) is 0 Å². The zero-order chi connectivity index (χ0) is 22.1. The van der Waals surface area contributed by atoms with E-state index in [9.17, 15) is 13.2 Å². The summed E-state index contributed by atoms with van der Waals surface area (Å²) in [6.07, 6.45) is 0. The Kier molecular flexibility index (Phi) is 6.84. The number of fused-ring (bicyclic) bond motifs is 1. The number of amides is 1. The van der Waals surface area contributed by atoms with E-state index < -0.39 is 10.0 Å². The molecule has 1 heterocycles. The number of piperazine rings is 1. The van der Waals surface area contributed by atoms with Crippen molar-refractivity contribution >= 4 is 26.7 Å². The van der Waals surface area contributed by atoms with Gasteiger partial charge in [-0.2, -0.15) is 4.31 Å². The van der Waals surface area contributed by atoms with Gasteiger partial charge in [0.25, 0.3) is 5.91 Å². The summed E-state index contributed by atoms with van der Waals surface area (Å²) in [5, 5.41) is 1.95. The van der Waals surface area contributed by atoms with Crippen LogP contribution in [0.5, 0.6) is 0 Å². The average molecular weight is 433 g/mol. The molecule has 0 radical (unpaired) electrons. The molecule has 0 aliphatic carbocycles. The fraction of sp³-hybridized carbons (Fsp3) is 0.522. The Balaban J connectivity index is 1.70. The molecule has 1 saturated heterocycles. The van der Waals surface area contributed by atoms with E-state index in [0.717, 1.165) is 15.7 Å². The summed E-state index contributed by atoms with van der Waals surface area (Å²) in [6.45, 7) is 12.2. The molecule has 3 rings (SSSR count). The topological polar surface area (TPSA) is 62.1 Å². The van der Waals surface area contributed by atoms with Gasteiger partial charge in [0.2, 0.25) is 10.0 Å². The smallest absolute Gasteiger partial charge is 0.281 e. The molecular formula is C23H34N3O3S+. The third-order valence-corrected chi connectivity index (χ3v) is 7.97. The summed E-state index contributed by atoms with van der Waals surface area (Å²) in [4.78, 5) is 16.4. The summed E-state index contributed by atoms with van der Waals surface area (Å²) in [6, 6.07) is 13.2. The second kappa shape index (κ2) is 9.04. The summed E-state index contributed by atoms with van der Waals surface area (Å²) in [7, 11) is -3.54. The molecule has 1 atom stereocenters. The lowest BCUT2D eigenvalue weighted by molar-refractivity contribution is -0.918. The predicted molar refractivity (Wildman–Crippen MR) is 120 cm³/mol. The van der Waals surface area contributed by atoms with Gasteiger partial charge in [0.1, 0.15) is 0 Å². The highest BCUT2D eigenvalue weighted by atomic mass is 32.2. The molecule has 0 spiro atoms. The number of nitrogens with one attached hydrogen (secondary N) is 1. The van der Waals surface area contributed by atoms with E-state index in [-0.39, 0.29) is 24.0 Å². The van der Waals surface area contributed by atoms with Gasteiger partial charge in [-0.15, -0.1) is 0 Å². The molecular weight excluding hydrogens is 398 g/mol. The predicted octanol–water partition coefficient (Wildman–Crippen LogP) is 1.76. The molecule has 1 N–H and O–H groups in total. The van der Waals surface area contributed by atoms with Crippen molar-refractivity contribution in [3.8, 4) is 0 Å². The Morgan fingerprint density at radius 2 is 1.50 bits per heavy atom. The Labute approximate surface area is 180 Å². The van der Waals surface area contributed by atoms with Crippen LogP contribution < -0.4 is 4.90 Å². The van der Waals surface area contributed by atoms with Crippen LogP contribution in [0.4, 0.5) is 0 Å². The molecule has 1 aliphatic heterocycles. The summed E-state index contributed by atoms with van der Waals surface area (Å²) in [5.74, 6) is 0.140. The summed E-state index contributed by atoms with van der Waals surface area (Å²) < 4.78 is 27.9. The molecule has 1 amide bonds. The van der Waals surface area contributed by atoms with Gasteiger partial charge in [-0.05, 0) is 57.5 Å². The van der Waals surface area contributed by atoms with Crippen LogP contribution in [0.2, 0.25) is 0 Å². The molecule has 1 fully saturated rings. The molecule has 2 aromatic rings. The minimum atomic E-state index is -3.54. The highest BCUT2D eigenvalue weighted by Gasteiger charge is 2.37. The van der Waals surface area contributed by atoms with Crippen LogP contribution in [0, 0.1) is 0 Å². The van der Waals surface area contributed by atoms with Crippen LogP contribution in [0.1, 0.15) is 34.6 Å². The quantitative estimate of drug-likeness (QED) is 0.757. The standard InChI is InChI=1S/C23H33N3O3S/c1-17(2)26(18(3)4)23(27)19(5)24-12-14-25(15-13-24)30(28,29)22-11-10-20-8-6-7-9-21(20)16-22/h6-11,16-19H,12-15H2,1-5H3/p+1/t19-/m0/s1. The van der Waals surface area contributed by atoms with Gasteiger partial charge in [0.15, 0.2) is 6.04 Å². The lowest BCUT2D eigenvalue weighted by Crippen LogP contribution is -3.19. The first-order valence-electron chi connectivity index (χ1n) is 10.8. The van der Waals surface area contributed by atoms with E-state index in [1.54, 1.807) is 16.4 Å². The van der Waals surface area contributed by atoms with Crippen LogP contribution in [-0.4, -0.2) is 67.8 Å². The Bertz CT molecular complexity index is 988. The fourth-order valence-electron chi connectivity index (χ4n) is 4.43. The van der Waals surface area contributed by atoms with Crippen molar-refractivity contribution in [2.75, 3.05) is 26.2 Å². The van der Waals surface area contributed by atoms with Crippen LogP contribution in [0.15, 0.2) is 47.4 Å². The first kappa shape index (κ1) is 22.7. The van der Waals surface area contributed by atoms with Gasteiger partial charge < -0.3 is 9.80 Å². The van der Waals surface area contributed by atoms with Crippen molar-refractivity contribution in [1.29, 1.82) is 0 Å². The van der Waals surface area contributed by atoms with E-state index in [0.29, 0.717) is 31.1 Å². The number of benzene rings is 2. The van der Waals surface area contributed by atoms with Crippen LogP contribution in [-0.2, 0) is 14.8 Å². The highest BCUT2D eigenvalue weighted by Crippen LogP contribution is 2.22. The molecule has 0 aromatic heterocycles. The monoisotopic (exact) mass is 432 g/mol. The Morgan fingerprint density at radius 3 is 2.07 bits per heavy atom. The van der Waals surface area contributed by atoms with Crippen molar-refractivity contribution in [1.82, 2.24) is 9.21 Å². The number of hydrogen-bond acceptors (Lipinski definition) is 3. The van der Waals surface area contributed by atoms with Crippen molar-refractivity contribution in [2.24, 2.45) is 0 Å². The van der Waals surface area contributed by atoms with Crippen LogP contribution in [0.25, 0.3) is 10.8 Å². The van der Waals surface area contributed by atoms with E-state index in [2.05, 4.69) is 0 Å². The number of nitrogens with zero attached hydrogens (tertiary/aromatic N) is 2. The number of rotatable bonds is 6. The first-order valence-corrected chi connectivity index (χ1v) is 12.2. The van der Waals surface area contributed by atoms with Crippen molar-refractivity contribution in [2.45, 2.75) is 57.6 Å². The van der Waals surface area contributed by atoms with Gasteiger partial charge >= 0.3 is 0 Å². The maximum absolute atomic E-state index is 13.2. The maximum Gasteiger partial charge on any atom is 0.281 e. The second-order valence-corrected chi connectivity index (χ2v) is 10.7. The lowest BCUT2D eigenvalue weighted by Gasteiger charge is -2.38. The molecule has 164 valence electrons. The highest BCUT2D eigenvalue weighted by molar-refractivity contribution is 7.89. The van der Waals surface area contributed by atoms with Crippen LogP contribution >= 0.6 is 0 Å². The molecule has 7 heteroatoms. The lowest BCUT2D eigenvalue weighted by atomic mass is 10.1. The van der Waals surface area contributed by atoms with Crippen LogP contribution in [0.3, 0.4) is 0 Å². The van der Waals surface area contributed by atoms with E-state index in [1.165, 1.54) is 0 Å². The molecule has 0 saturated carbocycles. The number of sulfonamides is 1. The number of carbonyl (C=O) groups excluding carboxylic acids is 1. The van der Waals surface area contributed by atoms with Crippen molar-refractivity contribution in [3.63, 3.8) is 0 Å². The van der Waals surface area contributed by atoms with Gasteiger partial charge in [0.05, 0.1) is 31.1 Å².